The molecule has 4 aromatic heterocycles. The van der Waals surface area contributed by atoms with Crippen molar-refractivity contribution in [1.29, 1.82) is 0 Å². The van der Waals surface area contributed by atoms with Gasteiger partial charge >= 0.3 is 0 Å². The number of carbonyl (C=O) groups excluding carboxylic acids is 1. The molecule has 0 saturated carbocycles. The monoisotopic (exact) mass is 432 g/mol. The van der Waals surface area contributed by atoms with Crippen LogP contribution in [0.4, 0.5) is 5.82 Å². The zero-order valence-electron chi connectivity index (χ0n) is 17.4. The van der Waals surface area contributed by atoms with Crippen molar-refractivity contribution < 1.29 is 14.4 Å². The Morgan fingerprint density at radius 1 is 1.16 bits per heavy atom. The topological polar surface area (TPSA) is 149 Å². The molecular formula is C21H20N8O3. The summed E-state index contributed by atoms with van der Waals surface area (Å²) >= 11 is 0. The Labute approximate surface area is 182 Å². The minimum Gasteiger partial charge on any atom is -0.383 e. The van der Waals surface area contributed by atoms with E-state index in [-0.39, 0.29) is 12.2 Å². The Hall–Kier alpha value is -4.12. The molecule has 1 amide bonds. The number of aromatic nitrogens is 6. The van der Waals surface area contributed by atoms with Crippen molar-refractivity contribution in [3.05, 3.63) is 54.0 Å². The lowest BCUT2D eigenvalue weighted by molar-refractivity contribution is -0.144. The van der Waals surface area contributed by atoms with Gasteiger partial charge in [-0.05, 0) is 25.1 Å². The number of carbonyl (C=O) groups is 1. The minimum atomic E-state index is -1.71. The lowest BCUT2D eigenvalue weighted by Gasteiger charge is -2.16. The van der Waals surface area contributed by atoms with Gasteiger partial charge in [0.1, 0.15) is 11.5 Å². The maximum atomic E-state index is 12.3. The number of anilines is 1. The number of nitrogen functional groups attached to an aromatic ring is 1. The van der Waals surface area contributed by atoms with Gasteiger partial charge < -0.3 is 20.3 Å². The molecule has 1 aliphatic heterocycles. The fourth-order valence-corrected chi connectivity index (χ4v) is 3.59. The van der Waals surface area contributed by atoms with E-state index in [1.54, 1.807) is 43.7 Å². The normalized spacial score (nSPS) is 18.5. The highest BCUT2D eigenvalue weighted by molar-refractivity contribution is 5.87. The summed E-state index contributed by atoms with van der Waals surface area (Å²) in [5, 5.41) is 19.0. The standard InChI is InChI=1S/C21H20N8O3/c1-12-11-24-29(18(12)22)20-23-8-6-15(26-20)13-4-3-5-14(25-13)16-10-17(32-27-16)21(31)7-9-28(2)19(21)30/h3-6,8,10-11,31H,7,9,22H2,1-2H3. The summed E-state index contributed by atoms with van der Waals surface area (Å²) in [4.78, 5) is 27.2. The fourth-order valence-electron chi connectivity index (χ4n) is 3.59. The quantitative estimate of drug-likeness (QED) is 0.487. The van der Waals surface area contributed by atoms with Crippen molar-refractivity contribution in [3.63, 3.8) is 0 Å². The number of hydrogen-bond donors (Lipinski definition) is 2. The molecule has 0 spiro atoms. The summed E-state index contributed by atoms with van der Waals surface area (Å²) in [6.45, 7) is 2.29. The van der Waals surface area contributed by atoms with Gasteiger partial charge in [0.2, 0.25) is 5.60 Å². The summed E-state index contributed by atoms with van der Waals surface area (Å²) in [6, 6.07) is 8.64. The SMILES string of the molecule is Cc1cnn(-c2nccc(-c3cccc(-c4cc(C5(O)CCN(C)C5=O)on4)n3)n2)c1N. The molecule has 0 aliphatic carbocycles. The molecule has 5 heterocycles. The Morgan fingerprint density at radius 2 is 1.91 bits per heavy atom. The van der Waals surface area contributed by atoms with Gasteiger partial charge in [-0.25, -0.2) is 15.0 Å². The Bertz CT molecular complexity index is 1330. The molecule has 1 aliphatic rings. The number of aryl methyl sites for hydroxylation is 1. The highest BCUT2D eigenvalue weighted by atomic mass is 16.5. The van der Waals surface area contributed by atoms with Crippen molar-refractivity contribution >= 4 is 11.7 Å². The van der Waals surface area contributed by atoms with E-state index >= 15 is 0 Å². The Balaban J connectivity index is 1.48. The predicted molar refractivity (Wildman–Crippen MR) is 113 cm³/mol. The number of aliphatic hydroxyl groups is 1. The molecular weight excluding hydrogens is 412 g/mol. The maximum absolute atomic E-state index is 12.3. The van der Waals surface area contributed by atoms with Crippen molar-refractivity contribution in [2.75, 3.05) is 19.3 Å². The van der Waals surface area contributed by atoms with Crippen LogP contribution in [0.25, 0.3) is 28.7 Å². The molecule has 32 heavy (non-hydrogen) atoms. The first-order chi connectivity index (χ1) is 15.4. The average molecular weight is 432 g/mol. The third kappa shape index (κ3) is 3.10. The summed E-state index contributed by atoms with van der Waals surface area (Å²) in [5.74, 6) is 0.477. The maximum Gasteiger partial charge on any atom is 0.262 e. The van der Waals surface area contributed by atoms with Crippen LogP contribution in [0, 0.1) is 6.92 Å². The van der Waals surface area contributed by atoms with E-state index in [1.807, 2.05) is 13.0 Å². The van der Waals surface area contributed by atoms with E-state index < -0.39 is 11.5 Å². The Kier molecular flexibility index (Phi) is 4.48. The number of nitrogens with zero attached hydrogens (tertiary/aromatic N) is 7. The van der Waals surface area contributed by atoms with Crippen LogP contribution in [0.5, 0.6) is 0 Å². The molecule has 0 radical (unpaired) electrons. The van der Waals surface area contributed by atoms with Crippen LogP contribution >= 0.6 is 0 Å². The smallest absolute Gasteiger partial charge is 0.262 e. The summed E-state index contributed by atoms with van der Waals surface area (Å²) in [6.07, 6.45) is 3.49. The van der Waals surface area contributed by atoms with Crippen LogP contribution < -0.4 is 5.73 Å². The molecule has 162 valence electrons. The first kappa shape index (κ1) is 19.8. The van der Waals surface area contributed by atoms with Gasteiger partial charge in [0.05, 0.1) is 23.3 Å². The second-order valence-corrected chi connectivity index (χ2v) is 7.69. The van der Waals surface area contributed by atoms with Crippen LogP contribution in [0.3, 0.4) is 0 Å². The molecule has 1 fully saturated rings. The summed E-state index contributed by atoms with van der Waals surface area (Å²) in [5.41, 5.74) is 7.22. The van der Waals surface area contributed by atoms with E-state index in [4.69, 9.17) is 10.3 Å². The first-order valence-electron chi connectivity index (χ1n) is 9.93. The first-order valence-corrected chi connectivity index (χ1v) is 9.93. The molecule has 0 bridgehead atoms. The van der Waals surface area contributed by atoms with Crippen LogP contribution in [0.2, 0.25) is 0 Å². The number of likely N-dealkylation sites (tertiary alicyclic amines) is 1. The van der Waals surface area contributed by atoms with E-state index in [2.05, 4.69) is 25.2 Å². The van der Waals surface area contributed by atoms with E-state index in [0.29, 0.717) is 41.1 Å². The van der Waals surface area contributed by atoms with Crippen molar-refractivity contribution in [3.8, 4) is 28.7 Å². The molecule has 11 heteroatoms. The lowest BCUT2D eigenvalue weighted by Crippen LogP contribution is -2.35. The van der Waals surface area contributed by atoms with Crippen molar-refractivity contribution in [2.45, 2.75) is 18.9 Å². The van der Waals surface area contributed by atoms with Gasteiger partial charge in [-0.15, -0.1) is 0 Å². The molecule has 0 aromatic carbocycles. The molecule has 1 atom stereocenters. The zero-order chi connectivity index (χ0) is 22.5. The van der Waals surface area contributed by atoms with Gasteiger partial charge in [0.25, 0.3) is 11.9 Å². The largest absolute Gasteiger partial charge is 0.383 e. The average Bonchev–Trinajstić information content (AvgIpc) is 3.51. The zero-order valence-corrected chi connectivity index (χ0v) is 17.4. The van der Waals surface area contributed by atoms with Gasteiger partial charge in [-0.3, -0.25) is 4.79 Å². The fraction of sp³-hybridized carbons (Fsp3) is 0.238. The molecule has 4 aromatic rings. The van der Waals surface area contributed by atoms with Crippen molar-refractivity contribution in [1.82, 2.24) is 34.8 Å². The number of rotatable bonds is 4. The van der Waals surface area contributed by atoms with Crippen molar-refractivity contribution in [2.24, 2.45) is 0 Å². The highest BCUT2D eigenvalue weighted by Gasteiger charge is 2.48. The van der Waals surface area contributed by atoms with E-state index in [9.17, 15) is 9.90 Å². The molecule has 1 saturated heterocycles. The highest BCUT2D eigenvalue weighted by Crippen LogP contribution is 2.34. The molecule has 5 rings (SSSR count). The Morgan fingerprint density at radius 3 is 2.59 bits per heavy atom. The van der Waals surface area contributed by atoms with Gasteiger partial charge in [0.15, 0.2) is 5.76 Å². The predicted octanol–water partition coefficient (Wildman–Crippen LogP) is 1.32. The lowest BCUT2D eigenvalue weighted by atomic mass is 9.98. The van der Waals surface area contributed by atoms with E-state index in [1.165, 1.54) is 9.58 Å². The second kappa shape index (κ2) is 7.24. The number of amides is 1. The number of likely N-dealkylation sites (N-methyl/N-ethyl adjacent to an activating group) is 1. The van der Waals surface area contributed by atoms with Crippen LogP contribution in [0.15, 0.2) is 47.2 Å². The molecule has 3 N–H and O–H groups in total. The summed E-state index contributed by atoms with van der Waals surface area (Å²) < 4.78 is 6.79. The number of hydrogen-bond acceptors (Lipinski definition) is 9. The van der Waals surface area contributed by atoms with Crippen LogP contribution in [0.1, 0.15) is 17.7 Å². The van der Waals surface area contributed by atoms with Gasteiger partial charge in [-0.1, -0.05) is 11.2 Å². The number of nitrogens with two attached hydrogens (primary N) is 1. The van der Waals surface area contributed by atoms with Crippen LogP contribution in [-0.2, 0) is 10.4 Å². The second-order valence-electron chi connectivity index (χ2n) is 7.69. The van der Waals surface area contributed by atoms with Crippen LogP contribution in [-0.4, -0.2) is 59.4 Å². The molecule has 1 unspecified atom stereocenters. The third-order valence-corrected chi connectivity index (χ3v) is 5.53. The van der Waals surface area contributed by atoms with Gasteiger partial charge in [-0.2, -0.15) is 9.78 Å². The third-order valence-electron chi connectivity index (χ3n) is 5.53. The van der Waals surface area contributed by atoms with Gasteiger partial charge in [0, 0.05) is 37.8 Å². The minimum absolute atomic E-state index is 0.0999. The number of pyridine rings is 1. The van der Waals surface area contributed by atoms with E-state index in [0.717, 1.165) is 5.56 Å². The molecule has 11 nitrogen and oxygen atoms in total. The summed E-state index contributed by atoms with van der Waals surface area (Å²) in [7, 11) is 1.64.